The maximum atomic E-state index is 12.9. The van der Waals surface area contributed by atoms with Gasteiger partial charge in [-0.25, -0.2) is 4.98 Å². The number of benzene rings is 2. The van der Waals surface area contributed by atoms with Crippen LogP contribution in [0.1, 0.15) is 37.0 Å². The maximum Gasteiger partial charge on any atom is 0.253 e. The first-order valence-electron chi connectivity index (χ1n) is 12.2. The van der Waals surface area contributed by atoms with Crippen LogP contribution in [0.2, 0.25) is 0 Å². The third-order valence-electron chi connectivity index (χ3n) is 6.15. The predicted molar refractivity (Wildman–Crippen MR) is 137 cm³/mol. The van der Waals surface area contributed by atoms with Crippen molar-refractivity contribution in [2.75, 3.05) is 38.6 Å². The Kier molecular flexibility index (Phi) is 8.15. The Morgan fingerprint density at radius 2 is 1.91 bits per heavy atom. The lowest BCUT2D eigenvalue weighted by Gasteiger charge is -2.19. The summed E-state index contributed by atoms with van der Waals surface area (Å²) in [6.45, 7) is 7.07. The van der Waals surface area contributed by atoms with Crippen molar-refractivity contribution in [1.82, 2.24) is 20.2 Å². The van der Waals surface area contributed by atoms with E-state index >= 15 is 0 Å². The number of anilines is 1. The van der Waals surface area contributed by atoms with E-state index in [1.165, 1.54) is 6.42 Å². The van der Waals surface area contributed by atoms with Crippen molar-refractivity contribution >= 4 is 11.6 Å². The number of nitrogens with zero attached hydrogens (tertiary/aromatic N) is 3. The van der Waals surface area contributed by atoms with E-state index in [1.54, 1.807) is 18.2 Å². The molecule has 0 saturated carbocycles. The van der Waals surface area contributed by atoms with E-state index in [9.17, 15) is 4.79 Å². The largest absolute Gasteiger partial charge is 0.497 e. The first-order chi connectivity index (χ1) is 17.1. The Bertz CT molecular complexity index is 1130. The number of amides is 1. The molecular formula is C27H33N5O3. The number of hydrogen-bond acceptors (Lipinski definition) is 7. The Labute approximate surface area is 206 Å². The number of aromatic nitrogens is 2. The molecular weight excluding hydrogens is 442 g/mol. The summed E-state index contributed by atoms with van der Waals surface area (Å²) in [7, 11) is 1.63. The number of rotatable bonds is 10. The monoisotopic (exact) mass is 475 g/mol. The molecule has 2 N–H and O–H groups in total. The maximum absolute atomic E-state index is 12.9. The van der Waals surface area contributed by atoms with Crippen LogP contribution in [0.15, 0.2) is 54.7 Å². The van der Waals surface area contributed by atoms with Crippen LogP contribution in [0.5, 0.6) is 17.4 Å². The van der Waals surface area contributed by atoms with E-state index in [4.69, 9.17) is 14.5 Å². The summed E-state index contributed by atoms with van der Waals surface area (Å²) < 4.78 is 11.4. The van der Waals surface area contributed by atoms with E-state index < -0.39 is 0 Å². The zero-order valence-electron chi connectivity index (χ0n) is 20.6. The molecule has 0 aliphatic carbocycles. The van der Waals surface area contributed by atoms with Crippen LogP contribution >= 0.6 is 0 Å². The zero-order valence-corrected chi connectivity index (χ0v) is 20.6. The molecule has 4 rings (SSSR count). The summed E-state index contributed by atoms with van der Waals surface area (Å²) in [6.07, 6.45) is 4.06. The molecule has 0 unspecified atom stereocenters. The van der Waals surface area contributed by atoms with E-state index in [0.29, 0.717) is 47.8 Å². The molecule has 1 fully saturated rings. The smallest absolute Gasteiger partial charge is 0.253 e. The highest BCUT2D eigenvalue weighted by Gasteiger charge is 2.18. The fourth-order valence-corrected chi connectivity index (χ4v) is 4.11. The zero-order chi connectivity index (χ0) is 24.6. The van der Waals surface area contributed by atoms with Crippen LogP contribution in [0, 0.1) is 0 Å². The van der Waals surface area contributed by atoms with Crippen LogP contribution in [0.25, 0.3) is 11.4 Å². The van der Waals surface area contributed by atoms with Crippen molar-refractivity contribution in [3.05, 3.63) is 60.3 Å². The summed E-state index contributed by atoms with van der Waals surface area (Å²) in [5, 5.41) is 6.93. The number of hydrogen-bond donors (Lipinski definition) is 2. The van der Waals surface area contributed by atoms with Gasteiger partial charge in [0.2, 0.25) is 5.88 Å². The van der Waals surface area contributed by atoms with Gasteiger partial charge in [0, 0.05) is 36.8 Å². The molecule has 0 bridgehead atoms. The summed E-state index contributed by atoms with van der Waals surface area (Å²) >= 11 is 0. The highest BCUT2D eigenvalue weighted by Crippen LogP contribution is 2.31. The second-order valence-electron chi connectivity index (χ2n) is 8.42. The number of carbonyl (C=O) groups excluding carboxylic acids is 1. The van der Waals surface area contributed by atoms with E-state index in [2.05, 4.69) is 15.6 Å². The first-order valence-corrected chi connectivity index (χ1v) is 12.2. The predicted octanol–water partition coefficient (Wildman–Crippen LogP) is 4.59. The highest BCUT2D eigenvalue weighted by molar-refractivity contribution is 5.95. The number of ether oxygens (including phenoxy) is 2. The molecule has 1 saturated heterocycles. The lowest BCUT2D eigenvalue weighted by molar-refractivity contribution is 0.0773. The molecule has 1 aliphatic heterocycles. The van der Waals surface area contributed by atoms with Crippen molar-refractivity contribution in [3.63, 3.8) is 0 Å². The normalized spacial score (nSPS) is 15.0. The van der Waals surface area contributed by atoms with Crippen LogP contribution in [-0.4, -0.2) is 60.1 Å². The molecule has 35 heavy (non-hydrogen) atoms. The van der Waals surface area contributed by atoms with Crippen molar-refractivity contribution in [2.24, 2.45) is 0 Å². The van der Waals surface area contributed by atoms with Gasteiger partial charge in [-0.15, -0.1) is 0 Å². The summed E-state index contributed by atoms with van der Waals surface area (Å²) in [5.41, 5.74) is 2.09. The molecule has 2 heterocycles. The van der Waals surface area contributed by atoms with E-state index in [1.807, 2.05) is 62.4 Å². The SMILES string of the molecule is CCN(CC)C(=O)c1cccc(-c2ncc(NC[C@@H]3CCCN3)c(Oc3ccc(OC)cc3)n2)c1. The van der Waals surface area contributed by atoms with Gasteiger partial charge in [0.05, 0.1) is 13.3 Å². The number of carbonyl (C=O) groups is 1. The lowest BCUT2D eigenvalue weighted by Crippen LogP contribution is -2.30. The molecule has 0 radical (unpaired) electrons. The second-order valence-corrected chi connectivity index (χ2v) is 8.42. The van der Waals surface area contributed by atoms with Gasteiger partial charge in [0.15, 0.2) is 5.82 Å². The van der Waals surface area contributed by atoms with Crippen molar-refractivity contribution in [2.45, 2.75) is 32.7 Å². The third-order valence-corrected chi connectivity index (χ3v) is 6.15. The second kappa shape index (κ2) is 11.7. The van der Waals surface area contributed by atoms with E-state index in [-0.39, 0.29) is 5.91 Å². The Balaban J connectivity index is 1.63. The van der Waals surface area contributed by atoms with Crippen LogP contribution in [0.4, 0.5) is 5.69 Å². The molecule has 0 spiro atoms. The van der Waals surface area contributed by atoms with Crippen molar-refractivity contribution in [3.8, 4) is 28.8 Å². The summed E-state index contributed by atoms with van der Waals surface area (Å²) in [5.74, 6) is 2.31. The molecule has 1 aliphatic rings. The van der Waals surface area contributed by atoms with Gasteiger partial charge < -0.3 is 25.0 Å². The first kappa shape index (κ1) is 24.5. The van der Waals surface area contributed by atoms with Gasteiger partial charge in [-0.2, -0.15) is 4.98 Å². The lowest BCUT2D eigenvalue weighted by atomic mass is 10.1. The quantitative estimate of drug-likeness (QED) is 0.443. The van der Waals surface area contributed by atoms with Gasteiger partial charge in [0.25, 0.3) is 5.91 Å². The fraction of sp³-hybridized carbons (Fsp3) is 0.370. The molecule has 8 heteroatoms. The average molecular weight is 476 g/mol. The van der Waals surface area contributed by atoms with Gasteiger partial charge in [-0.05, 0) is 69.6 Å². The molecule has 2 aromatic carbocycles. The van der Waals surface area contributed by atoms with Gasteiger partial charge in [-0.3, -0.25) is 4.79 Å². The van der Waals surface area contributed by atoms with Crippen LogP contribution in [0.3, 0.4) is 0 Å². The molecule has 1 aromatic heterocycles. The van der Waals surface area contributed by atoms with E-state index in [0.717, 1.165) is 30.8 Å². The number of nitrogens with one attached hydrogen (secondary N) is 2. The highest BCUT2D eigenvalue weighted by atomic mass is 16.5. The standard InChI is InChI=1S/C27H33N5O3/c1-4-32(5-2)27(33)20-9-6-8-19(16-20)25-30-18-24(29-17-21-10-7-15-28-21)26(31-25)35-23-13-11-22(34-3)12-14-23/h6,8-9,11-14,16,18,21,28-29H,4-5,7,10,15,17H2,1-3H3/t21-/m0/s1. The molecule has 1 atom stereocenters. The fourth-order valence-electron chi connectivity index (χ4n) is 4.11. The molecule has 1 amide bonds. The van der Waals surface area contributed by atoms with Crippen molar-refractivity contribution in [1.29, 1.82) is 0 Å². The molecule has 8 nitrogen and oxygen atoms in total. The Hall–Kier alpha value is -3.65. The minimum Gasteiger partial charge on any atom is -0.497 e. The van der Waals surface area contributed by atoms with Gasteiger partial charge in [0.1, 0.15) is 17.2 Å². The minimum atomic E-state index is -0.00564. The topological polar surface area (TPSA) is 88.6 Å². The van der Waals surface area contributed by atoms with Gasteiger partial charge >= 0.3 is 0 Å². The Morgan fingerprint density at radius 1 is 1.14 bits per heavy atom. The van der Waals surface area contributed by atoms with Crippen molar-refractivity contribution < 1.29 is 14.3 Å². The summed E-state index contributed by atoms with van der Waals surface area (Å²) in [4.78, 5) is 24.0. The van der Waals surface area contributed by atoms with Crippen LogP contribution < -0.4 is 20.1 Å². The molecule has 3 aromatic rings. The van der Waals surface area contributed by atoms with Crippen LogP contribution in [-0.2, 0) is 0 Å². The number of methoxy groups -OCH3 is 1. The summed E-state index contributed by atoms with van der Waals surface area (Å²) in [6, 6.07) is 15.2. The minimum absolute atomic E-state index is 0.00564. The average Bonchev–Trinajstić information content (AvgIpc) is 3.43. The third kappa shape index (κ3) is 6.08. The Morgan fingerprint density at radius 3 is 2.60 bits per heavy atom. The molecule has 184 valence electrons. The van der Waals surface area contributed by atoms with Gasteiger partial charge in [-0.1, -0.05) is 12.1 Å².